The van der Waals surface area contributed by atoms with Crippen LogP contribution in [0.5, 0.6) is 11.5 Å². The van der Waals surface area contributed by atoms with Gasteiger partial charge in [0.2, 0.25) is 5.91 Å². The van der Waals surface area contributed by atoms with E-state index in [-0.39, 0.29) is 18.2 Å². The number of nitrogens with zero attached hydrogens (tertiary/aromatic N) is 1. The Morgan fingerprint density at radius 2 is 1.84 bits per heavy atom. The minimum atomic E-state index is -0.429. The fourth-order valence-electron chi connectivity index (χ4n) is 2.39. The molecule has 0 spiro atoms. The van der Waals surface area contributed by atoms with E-state index < -0.39 is 5.82 Å². The minimum absolute atomic E-state index is 0.128. The van der Waals surface area contributed by atoms with Crippen LogP contribution in [0.25, 0.3) is 0 Å². The van der Waals surface area contributed by atoms with E-state index in [1.807, 2.05) is 0 Å². The number of likely N-dealkylation sites (N-methyl/N-ethyl adjacent to an activating group) is 1. The summed E-state index contributed by atoms with van der Waals surface area (Å²) in [5.41, 5.74) is 1.25. The lowest BCUT2D eigenvalue weighted by molar-refractivity contribution is -0.117. The summed E-state index contributed by atoms with van der Waals surface area (Å²) in [4.78, 5) is 14.0. The Balaban J connectivity index is 1.96. The van der Waals surface area contributed by atoms with Crippen molar-refractivity contribution in [2.75, 3.05) is 33.1 Å². The molecule has 2 aromatic carbocycles. The van der Waals surface area contributed by atoms with E-state index in [1.54, 1.807) is 42.3 Å². The smallest absolute Gasteiger partial charge is 0.238 e. The second kappa shape index (κ2) is 8.69. The van der Waals surface area contributed by atoms with Crippen molar-refractivity contribution >= 4 is 23.2 Å². The van der Waals surface area contributed by atoms with Gasteiger partial charge in [-0.15, -0.1) is 0 Å². The van der Waals surface area contributed by atoms with E-state index in [1.165, 1.54) is 20.3 Å². The molecule has 0 fully saturated rings. The van der Waals surface area contributed by atoms with Crippen LogP contribution in [-0.2, 0) is 11.3 Å². The van der Waals surface area contributed by atoms with Crippen LogP contribution in [0.4, 0.5) is 10.1 Å². The number of carbonyl (C=O) groups is 1. The molecule has 0 saturated carbocycles. The van der Waals surface area contributed by atoms with Crippen molar-refractivity contribution in [1.29, 1.82) is 0 Å². The average molecular weight is 367 g/mol. The first kappa shape index (κ1) is 19.0. The van der Waals surface area contributed by atoms with Gasteiger partial charge in [-0.3, -0.25) is 9.69 Å². The van der Waals surface area contributed by atoms with Gasteiger partial charge in [0.05, 0.1) is 26.5 Å². The lowest BCUT2D eigenvalue weighted by Crippen LogP contribution is -2.30. The maximum Gasteiger partial charge on any atom is 0.238 e. The van der Waals surface area contributed by atoms with E-state index >= 15 is 0 Å². The molecule has 0 unspecified atom stereocenters. The summed E-state index contributed by atoms with van der Waals surface area (Å²) in [6.07, 6.45) is 0. The van der Waals surface area contributed by atoms with Crippen molar-refractivity contribution in [1.82, 2.24) is 4.90 Å². The molecule has 0 aromatic heterocycles. The van der Waals surface area contributed by atoms with Crippen LogP contribution in [-0.4, -0.2) is 38.6 Å². The lowest BCUT2D eigenvalue weighted by atomic mass is 10.2. The molecule has 134 valence electrons. The number of rotatable bonds is 7. The zero-order chi connectivity index (χ0) is 18.4. The molecular formula is C18H20ClFN2O3. The third-order valence-electron chi connectivity index (χ3n) is 3.52. The Bertz CT molecular complexity index is 755. The van der Waals surface area contributed by atoms with E-state index in [0.717, 1.165) is 5.56 Å². The molecule has 7 heteroatoms. The largest absolute Gasteiger partial charge is 0.495 e. The van der Waals surface area contributed by atoms with Gasteiger partial charge in [-0.1, -0.05) is 17.7 Å². The average Bonchev–Trinajstić information content (AvgIpc) is 2.55. The Morgan fingerprint density at radius 3 is 2.48 bits per heavy atom. The highest BCUT2D eigenvalue weighted by Gasteiger charge is 2.12. The highest BCUT2D eigenvalue weighted by Crippen LogP contribution is 2.27. The predicted octanol–water partition coefficient (Wildman–Crippen LogP) is 3.57. The summed E-state index contributed by atoms with van der Waals surface area (Å²) in [7, 11) is 4.71. The van der Waals surface area contributed by atoms with Crippen LogP contribution in [0.3, 0.4) is 0 Å². The number of benzene rings is 2. The summed E-state index contributed by atoms with van der Waals surface area (Å²) < 4.78 is 23.8. The molecule has 0 aliphatic heterocycles. The molecule has 0 atom stereocenters. The molecule has 2 aromatic rings. The van der Waals surface area contributed by atoms with Crippen LogP contribution in [0.1, 0.15) is 5.56 Å². The minimum Gasteiger partial charge on any atom is -0.495 e. The van der Waals surface area contributed by atoms with Crippen molar-refractivity contribution in [2.45, 2.75) is 6.54 Å². The monoisotopic (exact) mass is 366 g/mol. The van der Waals surface area contributed by atoms with Crippen LogP contribution >= 0.6 is 11.6 Å². The summed E-state index contributed by atoms with van der Waals surface area (Å²) in [5, 5.41) is 3.26. The molecule has 1 N–H and O–H groups in total. The second-order valence-corrected chi connectivity index (χ2v) is 5.97. The molecule has 0 bridgehead atoms. The number of halogens is 2. The quantitative estimate of drug-likeness (QED) is 0.814. The lowest BCUT2D eigenvalue weighted by Gasteiger charge is -2.17. The first-order chi connectivity index (χ1) is 11.9. The molecule has 2 rings (SSSR count). The van der Waals surface area contributed by atoms with Gasteiger partial charge < -0.3 is 14.8 Å². The number of carbonyl (C=O) groups excluding carboxylic acids is 1. The predicted molar refractivity (Wildman–Crippen MR) is 95.9 cm³/mol. The van der Waals surface area contributed by atoms with Gasteiger partial charge in [-0.25, -0.2) is 4.39 Å². The Morgan fingerprint density at radius 1 is 1.16 bits per heavy atom. The number of nitrogens with one attached hydrogen (secondary N) is 1. The zero-order valence-corrected chi connectivity index (χ0v) is 15.1. The third kappa shape index (κ3) is 5.34. The molecule has 0 radical (unpaired) electrons. The van der Waals surface area contributed by atoms with Crippen molar-refractivity contribution < 1.29 is 18.7 Å². The maximum atomic E-state index is 13.7. The van der Waals surface area contributed by atoms with E-state index in [0.29, 0.717) is 23.0 Å². The van der Waals surface area contributed by atoms with Gasteiger partial charge in [0, 0.05) is 11.6 Å². The summed E-state index contributed by atoms with van der Waals surface area (Å²) in [6.45, 7) is 0.546. The molecule has 0 saturated heterocycles. The van der Waals surface area contributed by atoms with Crippen LogP contribution < -0.4 is 14.8 Å². The fraction of sp³-hybridized carbons (Fsp3) is 0.278. The number of ether oxygens (including phenoxy) is 2. The molecule has 0 aliphatic rings. The van der Waals surface area contributed by atoms with E-state index in [4.69, 9.17) is 21.1 Å². The maximum absolute atomic E-state index is 13.7. The summed E-state index contributed by atoms with van der Waals surface area (Å²) in [6, 6.07) is 9.71. The molecule has 25 heavy (non-hydrogen) atoms. The standard InChI is InChI=1S/C18H20ClFN2O3/c1-22(10-12-4-6-16(24-2)14(20)8-12)11-18(23)21-15-9-13(19)5-7-17(15)25-3/h4-9H,10-11H2,1-3H3,(H,21,23). The highest BCUT2D eigenvalue weighted by atomic mass is 35.5. The van der Waals surface area contributed by atoms with Gasteiger partial charge in [0.15, 0.2) is 11.6 Å². The van der Waals surface area contributed by atoms with Crippen LogP contribution in [0, 0.1) is 5.82 Å². The number of amides is 1. The summed E-state index contributed by atoms with van der Waals surface area (Å²) in [5.74, 6) is 0.0633. The molecular weight excluding hydrogens is 347 g/mol. The normalized spacial score (nSPS) is 10.6. The number of anilines is 1. The Hall–Kier alpha value is -2.31. The van der Waals surface area contributed by atoms with Gasteiger partial charge >= 0.3 is 0 Å². The third-order valence-corrected chi connectivity index (χ3v) is 3.75. The van der Waals surface area contributed by atoms with Crippen molar-refractivity contribution in [3.8, 4) is 11.5 Å². The van der Waals surface area contributed by atoms with Crippen LogP contribution in [0.15, 0.2) is 36.4 Å². The van der Waals surface area contributed by atoms with Crippen molar-refractivity contribution in [3.63, 3.8) is 0 Å². The SMILES string of the molecule is COc1ccc(CN(C)CC(=O)Nc2cc(Cl)ccc2OC)cc1F. The van der Waals surface area contributed by atoms with Crippen LogP contribution in [0.2, 0.25) is 5.02 Å². The van der Waals surface area contributed by atoms with Gasteiger partial charge in [-0.05, 0) is 42.9 Å². The van der Waals surface area contributed by atoms with E-state index in [2.05, 4.69) is 5.32 Å². The zero-order valence-electron chi connectivity index (χ0n) is 14.3. The molecule has 1 amide bonds. The van der Waals surface area contributed by atoms with Crippen molar-refractivity contribution in [2.24, 2.45) is 0 Å². The molecule has 0 aliphatic carbocycles. The Kier molecular flexibility index (Phi) is 6.61. The molecule has 0 heterocycles. The highest BCUT2D eigenvalue weighted by molar-refractivity contribution is 6.31. The summed E-state index contributed by atoms with van der Waals surface area (Å²) >= 11 is 5.95. The van der Waals surface area contributed by atoms with Crippen molar-refractivity contribution in [3.05, 3.63) is 52.8 Å². The number of methoxy groups -OCH3 is 2. The second-order valence-electron chi connectivity index (χ2n) is 5.53. The van der Waals surface area contributed by atoms with Gasteiger partial charge in [0.1, 0.15) is 5.75 Å². The Labute approximate surface area is 151 Å². The van der Waals surface area contributed by atoms with Gasteiger partial charge in [-0.2, -0.15) is 0 Å². The molecule has 5 nitrogen and oxygen atoms in total. The number of hydrogen-bond donors (Lipinski definition) is 1. The fourth-order valence-corrected chi connectivity index (χ4v) is 2.56. The first-order valence-electron chi connectivity index (χ1n) is 7.57. The first-order valence-corrected chi connectivity index (χ1v) is 7.95. The van der Waals surface area contributed by atoms with Gasteiger partial charge in [0.25, 0.3) is 0 Å². The van der Waals surface area contributed by atoms with E-state index in [9.17, 15) is 9.18 Å². The number of hydrogen-bond acceptors (Lipinski definition) is 4. The topological polar surface area (TPSA) is 50.8 Å².